The number of rotatable bonds is 2. The van der Waals surface area contributed by atoms with Gasteiger partial charge in [0.15, 0.2) is 5.65 Å². The van der Waals surface area contributed by atoms with Crippen LogP contribution in [0.5, 0.6) is 0 Å². The molecule has 0 atom stereocenters. The van der Waals surface area contributed by atoms with E-state index < -0.39 is 5.82 Å². The Labute approximate surface area is 175 Å². The maximum absolute atomic E-state index is 14.6. The predicted molar refractivity (Wildman–Crippen MR) is 116 cm³/mol. The Kier molecular flexibility index (Phi) is 4.29. The summed E-state index contributed by atoms with van der Waals surface area (Å²) in [5.74, 6) is -0.428. The van der Waals surface area contributed by atoms with Crippen molar-refractivity contribution in [1.29, 1.82) is 0 Å². The first-order valence-electron chi connectivity index (χ1n) is 9.18. The smallest absolute Gasteiger partial charge is 0.259 e. The van der Waals surface area contributed by atoms with Gasteiger partial charge in [0.25, 0.3) is 5.56 Å². The van der Waals surface area contributed by atoms with E-state index in [4.69, 9.17) is 11.6 Å². The van der Waals surface area contributed by atoms with Gasteiger partial charge in [-0.25, -0.2) is 14.4 Å². The SMILES string of the molecule is Cn1cc(-c2cc(-c3cc(Cl)ccc3F)nc3ncccc23)c2ccncc2c1=O. The molecule has 7 heteroatoms. The third-order valence-corrected chi connectivity index (χ3v) is 5.30. The van der Waals surface area contributed by atoms with Gasteiger partial charge in [-0.1, -0.05) is 11.6 Å². The van der Waals surface area contributed by atoms with Gasteiger partial charge in [-0.3, -0.25) is 9.78 Å². The molecular formula is C23H14ClFN4O. The average molecular weight is 417 g/mol. The summed E-state index contributed by atoms with van der Waals surface area (Å²) in [6.07, 6.45) is 6.61. The van der Waals surface area contributed by atoms with Gasteiger partial charge >= 0.3 is 0 Å². The lowest BCUT2D eigenvalue weighted by Crippen LogP contribution is -2.16. The second kappa shape index (κ2) is 7.00. The number of halogens is 2. The predicted octanol–water partition coefficient (Wildman–Crippen LogP) is 5.00. The van der Waals surface area contributed by atoms with Crippen molar-refractivity contribution in [2.45, 2.75) is 0 Å². The second-order valence-electron chi connectivity index (χ2n) is 6.93. The van der Waals surface area contributed by atoms with Crippen molar-refractivity contribution in [3.05, 3.63) is 88.4 Å². The molecule has 0 radical (unpaired) electrons. The van der Waals surface area contributed by atoms with Crippen LogP contribution < -0.4 is 5.56 Å². The van der Waals surface area contributed by atoms with E-state index in [1.165, 1.54) is 16.7 Å². The van der Waals surface area contributed by atoms with Gasteiger partial charge in [0.1, 0.15) is 5.82 Å². The number of benzene rings is 1. The van der Waals surface area contributed by atoms with Crippen molar-refractivity contribution in [2.24, 2.45) is 7.05 Å². The zero-order chi connectivity index (χ0) is 20.8. The standard InChI is InChI=1S/C23H14ClFN4O/c1-29-12-19(14-6-8-26-11-18(14)23(29)30)16-10-21(17-9-13(24)4-5-20(17)25)28-22-15(16)3-2-7-27-22/h2-12H,1H3. The van der Waals surface area contributed by atoms with Gasteiger partial charge < -0.3 is 4.57 Å². The number of pyridine rings is 4. The van der Waals surface area contributed by atoms with Gasteiger partial charge in [-0.15, -0.1) is 0 Å². The summed E-state index contributed by atoms with van der Waals surface area (Å²) < 4.78 is 16.1. The zero-order valence-corrected chi connectivity index (χ0v) is 16.6. The fourth-order valence-corrected chi connectivity index (χ4v) is 3.81. The second-order valence-corrected chi connectivity index (χ2v) is 7.37. The molecule has 0 bridgehead atoms. The van der Waals surface area contributed by atoms with E-state index in [9.17, 15) is 9.18 Å². The van der Waals surface area contributed by atoms with E-state index in [1.807, 2.05) is 12.1 Å². The van der Waals surface area contributed by atoms with Crippen molar-refractivity contribution in [3.8, 4) is 22.4 Å². The molecule has 0 aliphatic rings. The fraction of sp³-hybridized carbons (Fsp3) is 0.0435. The summed E-state index contributed by atoms with van der Waals surface area (Å²) in [6.45, 7) is 0. The van der Waals surface area contributed by atoms with E-state index in [0.29, 0.717) is 21.7 Å². The lowest BCUT2D eigenvalue weighted by Gasteiger charge is -2.13. The Morgan fingerprint density at radius 1 is 0.967 bits per heavy atom. The summed E-state index contributed by atoms with van der Waals surface area (Å²) >= 11 is 6.10. The van der Waals surface area contributed by atoms with Crippen LogP contribution in [0.2, 0.25) is 5.02 Å². The van der Waals surface area contributed by atoms with E-state index in [-0.39, 0.29) is 11.1 Å². The molecule has 30 heavy (non-hydrogen) atoms. The molecule has 5 nitrogen and oxygen atoms in total. The van der Waals surface area contributed by atoms with Crippen LogP contribution in [-0.4, -0.2) is 19.5 Å². The van der Waals surface area contributed by atoms with Crippen LogP contribution in [0.4, 0.5) is 4.39 Å². The molecule has 0 unspecified atom stereocenters. The minimum atomic E-state index is -0.428. The van der Waals surface area contributed by atoms with Crippen molar-refractivity contribution in [1.82, 2.24) is 19.5 Å². The van der Waals surface area contributed by atoms with Crippen LogP contribution in [0.1, 0.15) is 0 Å². The van der Waals surface area contributed by atoms with Gasteiger partial charge in [0.2, 0.25) is 0 Å². The maximum Gasteiger partial charge on any atom is 0.259 e. The van der Waals surface area contributed by atoms with Crippen LogP contribution in [0.25, 0.3) is 44.2 Å². The maximum atomic E-state index is 14.6. The van der Waals surface area contributed by atoms with Gasteiger partial charge in [-0.05, 0) is 53.4 Å². The lowest BCUT2D eigenvalue weighted by molar-refractivity contribution is 0.631. The number of aromatic nitrogens is 4. The molecule has 146 valence electrons. The summed E-state index contributed by atoms with van der Waals surface area (Å²) in [6, 6.07) is 11.7. The minimum Gasteiger partial charge on any atom is -0.317 e. The van der Waals surface area contributed by atoms with E-state index in [1.54, 1.807) is 50.0 Å². The van der Waals surface area contributed by atoms with Crippen molar-refractivity contribution >= 4 is 33.4 Å². The molecule has 1 aromatic carbocycles. The van der Waals surface area contributed by atoms with Crippen molar-refractivity contribution in [3.63, 3.8) is 0 Å². The minimum absolute atomic E-state index is 0.139. The molecule has 0 saturated carbocycles. The Morgan fingerprint density at radius 2 is 1.83 bits per heavy atom. The zero-order valence-electron chi connectivity index (χ0n) is 15.8. The lowest BCUT2D eigenvalue weighted by atomic mass is 9.97. The van der Waals surface area contributed by atoms with Crippen LogP contribution in [-0.2, 0) is 7.05 Å². The number of nitrogens with zero attached hydrogens (tertiary/aromatic N) is 4. The number of aryl methyl sites for hydroxylation is 1. The number of hydrogen-bond donors (Lipinski definition) is 0. The molecule has 0 spiro atoms. The van der Waals surface area contributed by atoms with Gasteiger partial charge in [0, 0.05) is 53.4 Å². The molecular weight excluding hydrogens is 403 g/mol. The quantitative estimate of drug-likeness (QED) is 0.406. The normalized spacial score (nSPS) is 11.3. The summed E-state index contributed by atoms with van der Waals surface area (Å²) in [5.41, 5.74) is 2.62. The molecule has 4 aromatic heterocycles. The van der Waals surface area contributed by atoms with Crippen LogP contribution in [0.3, 0.4) is 0 Å². The Balaban J connectivity index is 1.91. The fourth-order valence-electron chi connectivity index (χ4n) is 3.64. The largest absolute Gasteiger partial charge is 0.317 e. The van der Waals surface area contributed by atoms with Crippen molar-refractivity contribution in [2.75, 3.05) is 0 Å². The first-order chi connectivity index (χ1) is 14.5. The van der Waals surface area contributed by atoms with Gasteiger partial charge in [0.05, 0.1) is 11.1 Å². The molecule has 0 aliphatic carbocycles. The monoisotopic (exact) mass is 416 g/mol. The Hall–Kier alpha value is -3.64. The van der Waals surface area contributed by atoms with E-state index in [0.717, 1.165) is 21.9 Å². The molecule has 4 heterocycles. The molecule has 0 saturated heterocycles. The van der Waals surface area contributed by atoms with Crippen molar-refractivity contribution < 1.29 is 4.39 Å². The van der Waals surface area contributed by atoms with Crippen LogP contribution in [0.15, 0.2) is 72.0 Å². The Morgan fingerprint density at radius 3 is 2.70 bits per heavy atom. The topological polar surface area (TPSA) is 60.7 Å². The summed E-state index contributed by atoms with van der Waals surface area (Å²) in [5, 5.41) is 2.46. The molecule has 0 N–H and O–H groups in total. The highest BCUT2D eigenvalue weighted by molar-refractivity contribution is 6.30. The Bertz CT molecular complexity index is 1510. The first kappa shape index (κ1) is 18.4. The number of hydrogen-bond acceptors (Lipinski definition) is 4. The average Bonchev–Trinajstić information content (AvgIpc) is 2.77. The highest BCUT2D eigenvalue weighted by Gasteiger charge is 2.16. The molecule has 0 fully saturated rings. The van der Waals surface area contributed by atoms with E-state index in [2.05, 4.69) is 15.0 Å². The summed E-state index contributed by atoms with van der Waals surface area (Å²) in [7, 11) is 1.69. The van der Waals surface area contributed by atoms with Crippen LogP contribution in [0, 0.1) is 5.82 Å². The molecule has 5 rings (SSSR count). The number of fused-ring (bicyclic) bond motifs is 2. The molecule has 5 aromatic rings. The van der Waals surface area contributed by atoms with Gasteiger partial charge in [-0.2, -0.15) is 0 Å². The molecule has 0 amide bonds. The third-order valence-electron chi connectivity index (χ3n) is 5.06. The van der Waals surface area contributed by atoms with Crippen LogP contribution >= 0.6 is 11.6 Å². The van der Waals surface area contributed by atoms with E-state index >= 15 is 0 Å². The highest BCUT2D eigenvalue weighted by atomic mass is 35.5. The molecule has 0 aliphatic heterocycles. The first-order valence-corrected chi connectivity index (χ1v) is 9.55. The summed E-state index contributed by atoms with van der Waals surface area (Å²) in [4.78, 5) is 25.6. The third kappa shape index (κ3) is 2.93. The highest BCUT2D eigenvalue weighted by Crippen LogP contribution is 2.35.